The molecule has 0 N–H and O–H groups in total. The Bertz CT molecular complexity index is 522. The molecule has 0 radical (unpaired) electrons. The number of thiophene rings is 1. The largest absolute Gasteiger partial charge is 0.496 e. The van der Waals surface area contributed by atoms with Crippen LogP contribution < -0.4 is 4.74 Å². The van der Waals surface area contributed by atoms with Gasteiger partial charge in [0, 0.05) is 10.4 Å². The van der Waals surface area contributed by atoms with Gasteiger partial charge in [0.25, 0.3) is 0 Å². The Labute approximate surface area is 115 Å². The summed E-state index contributed by atoms with van der Waals surface area (Å²) in [7, 11) is 1.65. The maximum Gasteiger partial charge on any atom is 0.123 e. The van der Waals surface area contributed by atoms with Crippen LogP contribution in [-0.4, -0.2) is 7.11 Å². The summed E-state index contributed by atoms with van der Waals surface area (Å²) in [5, 5.41) is -0.220. The molecule has 1 aromatic carbocycles. The third-order valence-corrected chi connectivity index (χ3v) is 4.40. The SMILES string of the molecule is COc1ccc(C)cc1C(Cl)c1ccc(Cl)s1. The summed E-state index contributed by atoms with van der Waals surface area (Å²) >= 11 is 13.9. The molecule has 1 nitrogen and oxygen atoms in total. The second-order valence-corrected chi connectivity index (χ2v) is 5.93. The lowest BCUT2D eigenvalue weighted by atomic mass is 10.1. The van der Waals surface area contributed by atoms with Gasteiger partial charge in [0.2, 0.25) is 0 Å². The number of aryl methyl sites for hydroxylation is 1. The zero-order valence-corrected chi connectivity index (χ0v) is 11.9. The van der Waals surface area contributed by atoms with E-state index in [1.807, 2.05) is 37.3 Å². The Kier molecular flexibility index (Phi) is 3.97. The maximum absolute atomic E-state index is 6.47. The van der Waals surface area contributed by atoms with E-state index in [0.717, 1.165) is 26.1 Å². The van der Waals surface area contributed by atoms with Crippen molar-refractivity contribution in [2.24, 2.45) is 0 Å². The first kappa shape index (κ1) is 12.7. The molecule has 0 saturated heterocycles. The van der Waals surface area contributed by atoms with Crippen LogP contribution in [0.4, 0.5) is 0 Å². The van der Waals surface area contributed by atoms with E-state index in [0.29, 0.717) is 0 Å². The molecule has 0 aliphatic heterocycles. The molecule has 2 aromatic rings. The number of hydrogen-bond donors (Lipinski definition) is 0. The van der Waals surface area contributed by atoms with E-state index in [2.05, 4.69) is 0 Å². The van der Waals surface area contributed by atoms with Crippen molar-refractivity contribution in [3.63, 3.8) is 0 Å². The van der Waals surface area contributed by atoms with E-state index in [1.54, 1.807) is 7.11 Å². The lowest BCUT2D eigenvalue weighted by Crippen LogP contribution is -1.96. The Hall–Kier alpha value is -0.700. The number of hydrogen-bond acceptors (Lipinski definition) is 2. The first-order valence-electron chi connectivity index (χ1n) is 5.15. The molecule has 2 rings (SSSR count). The van der Waals surface area contributed by atoms with Gasteiger partial charge in [-0.3, -0.25) is 0 Å². The Morgan fingerprint density at radius 1 is 1.24 bits per heavy atom. The van der Waals surface area contributed by atoms with Gasteiger partial charge in [-0.2, -0.15) is 0 Å². The van der Waals surface area contributed by atoms with Gasteiger partial charge >= 0.3 is 0 Å². The highest BCUT2D eigenvalue weighted by atomic mass is 35.5. The normalized spacial score (nSPS) is 12.5. The van der Waals surface area contributed by atoms with Crippen molar-refractivity contribution < 1.29 is 4.74 Å². The number of methoxy groups -OCH3 is 1. The fraction of sp³-hybridized carbons (Fsp3) is 0.231. The predicted molar refractivity (Wildman–Crippen MR) is 74.8 cm³/mol. The van der Waals surface area contributed by atoms with Crippen molar-refractivity contribution in [2.45, 2.75) is 12.3 Å². The minimum absolute atomic E-state index is 0.220. The number of halogens is 2. The van der Waals surface area contributed by atoms with Crippen molar-refractivity contribution in [1.29, 1.82) is 0 Å². The molecule has 4 heteroatoms. The van der Waals surface area contributed by atoms with Crippen LogP contribution in [0.3, 0.4) is 0 Å². The summed E-state index contributed by atoms with van der Waals surface area (Å²) in [4.78, 5) is 1.03. The Morgan fingerprint density at radius 3 is 2.59 bits per heavy atom. The van der Waals surface area contributed by atoms with Crippen molar-refractivity contribution in [2.75, 3.05) is 7.11 Å². The summed E-state index contributed by atoms with van der Waals surface area (Å²) in [6.07, 6.45) is 0. The topological polar surface area (TPSA) is 9.23 Å². The third kappa shape index (κ3) is 2.76. The molecular formula is C13H12Cl2OS. The average Bonchev–Trinajstić information content (AvgIpc) is 2.75. The molecular weight excluding hydrogens is 275 g/mol. The number of benzene rings is 1. The molecule has 0 bridgehead atoms. The summed E-state index contributed by atoms with van der Waals surface area (Å²) in [6.45, 7) is 2.04. The molecule has 0 amide bonds. The second-order valence-electron chi connectivity index (χ2n) is 3.75. The van der Waals surface area contributed by atoms with Crippen LogP contribution in [0.5, 0.6) is 5.75 Å². The zero-order chi connectivity index (χ0) is 12.4. The van der Waals surface area contributed by atoms with Gasteiger partial charge in [-0.25, -0.2) is 0 Å². The highest BCUT2D eigenvalue weighted by Crippen LogP contribution is 2.39. The van der Waals surface area contributed by atoms with E-state index in [4.69, 9.17) is 27.9 Å². The van der Waals surface area contributed by atoms with Crippen molar-refractivity contribution >= 4 is 34.5 Å². The van der Waals surface area contributed by atoms with E-state index >= 15 is 0 Å². The molecule has 0 aliphatic carbocycles. The minimum Gasteiger partial charge on any atom is -0.496 e. The van der Waals surface area contributed by atoms with Gasteiger partial charge in [0.1, 0.15) is 5.75 Å². The minimum atomic E-state index is -0.220. The van der Waals surface area contributed by atoms with Gasteiger partial charge < -0.3 is 4.74 Å². The Balaban J connectivity index is 2.42. The van der Waals surface area contributed by atoms with E-state index in [9.17, 15) is 0 Å². The number of ether oxygens (including phenoxy) is 1. The second kappa shape index (κ2) is 5.30. The first-order valence-corrected chi connectivity index (χ1v) is 6.78. The van der Waals surface area contributed by atoms with Crippen LogP contribution in [0.15, 0.2) is 30.3 Å². The summed E-state index contributed by atoms with van der Waals surface area (Å²) in [5.41, 5.74) is 2.14. The van der Waals surface area contributed by atoms with Crippen LogP contribution in [0.1, 0.15) is 21.4 Å². The van der Waals surface area contributed by atoms with Crippen LogP contribution >= 0.6 is 34.5 Å². The number of alkyl halides is 1. The zero-order valence-electron chi connectivity index (χ0n) is 9.54. The van der Waals surface area contributed by atoms with Gasteiger partial charge in [-0.1, -0.05) is 29.3 Å². The van der Waals surface area contributed by atoms with E-state index in [1.165, 1.54) is 11.3 Å². The molecule has 0 spiro atoms. The molecule has 0 fully saturated rings. The summed E-state index contributed by atoms with van der Waals surface area (Å²) in [6, 6.07) is 9.80. The third-order valence-electron chi connectivity index (χ3n) is 2.50. The van der Waals surface area contributed by atoms with Crippen LogP contribution in [0.2, 0.25) is 4.34 Å². The quantitative estimate of drug-likeness (QED) is 0.718. The monoisotopic (exact) mass is 286 g/mol. The van der Waals surface area contributed by atoms with Gasteiger partial charge in [-0.05, 0) is 25.1 Å². The highest BCUT2D eigenvalue weighted by Gasteiger charge is 2.17. The van der Waals surface area contributed by atoms with Crippen LogP contribution in [0, 0.1) is 6.92 Å². The maximum atomic E-state index is 6.47. The lowest BCUT2D eigenvalue weighted by Gasteiger charge is -2.13. The molecule has 1 aromatic heterocycles. The molecule has 17 heavy (non-hydrogen) atoms. The van der Waals surface area contributed by atoms with Gasteiger partial charge in [-0.15, -0.1) is 22.9 Å². The first-order chi connectivity index (χ1) is 8.11. The fourth-order valence-electron chi connectivity index (χ4n) is 1.67. The lowest BCUT2D eigenvalue weighted by molar-refractivity contribution is 0.410. The summed E-state index contributed by atoms with van der Waals surface area (Å²) < 4.78 is 6.08. The fourth-order valence-corrected chi connectivity index (χ4v) is 3.10. The molecule has 90 valence electrons. The standard InChI is InChI=1S/C13H12Cl2OS/c1-8-3-4-10(16-2)9(7-8)13(15)11-5-6-12(14)17-11/h3-7,13H,1-2H3. The van der Waals surface area contributed by atoms with Crippen molar-refractivity contribution in [3.05, 3.63) is 50.7 Å². The van der Waals surface area contributed by atoms with E-state index in [-0.39, 0.29) is 5.38 Å². The molecule has 1 unspecified atom stereocenters. The molecule has 1 heterocycles. The molecule has 0 saturated carbocycles. The van der Waals surface area contributed by atoms with Crippen LogP contribution in [0.25, 0.3) is 0 Å². The van der Waals surface area contributed by atoms with Crippen molar-refractivity contribution in [1.82, 2.24) is 0 Å². The van der Waals surface area contributed by atoms with E-state index < -0.39 is 0 Å². The molecule has 1 atom stereocenters. The number of rotatable bonds is 3. The summed E-state index contributed by atoms with van der Waals surface area (Å²) in [5.74, 6) is 0.806. The smallest absolute Gasteiger partial charge is 0.123 e. The van der Waals surface area contributed by atoms with Gasteiger partial charge in [0.05, 0.1) is 16.8 Å². The van der Waals surface area contributed by atoms with Crippen LogP contribution in [-0.2, 0) is 0 Å². The highest BCUT2D eigenvalue weighted by molar-refractivity contribution is 7.16. The van der Waals surface area contributed by atoms with Gasteiger partial charge in [0.15, 0.2) is 0 Å². The molecule has 0 aliphatic rings. The van der Waals surface area contributed by atoms with Crippen molar-refractivity contribution in [3.8, 4) is 5.75 Å². The average molecular weight is 287 g/mol. The predicted octanol–water partition coefficient (Wildman–Crippen LogP) is 5.05. The Morgan fingerprint density at radius 2 is 2.00 bits per heavy atom.